The first-order valence-corrected chi connectivity index (χ1v) is 8.53. The van der Waals surface area contributed by atoms with Crippen LogP contribution >= 0.6 is 0 Å². The first-order valence-electron chi connectivity index (χ1n) is 6.71. The molecule has 0 fully saturated rings. The number of aromatic nitrogens is 2. The zero-order valence-corrected chi connectivity index (χ0v) is 13.2. The Hall–Kier alpha value is -1.89. The van der Waals surface area contributed by atoms with Crippen molar-refractivity contribution in [1.29, 1.82) is 0 Å². The van der Waals surface area contributed by atoms with Crippen LogP contribution in [0.4, 0.5) is 0 Å². The summed E-state index contributed by atoms with van der Waals surface area (Å²) >= 11 is 0. The summed E-state index contributed by atoms with van der Waals surface area (Å²) in [6, 6.07) is 5.82. The molecule has 1 N–H and O–H groups in total. The molecule has 1 aromatic heterocycles. The molecule has 0 aliphatic rings. The molecule has 7 heteroatoms. The number of para-hydroxylation sites is 1. The summed E-state index contributed by atoms with van der Waals surface area (Å²) in [5, 5.41) is 0. The Bertz CT molecular complexity index is 765. The van der Waals surface area contributed by atoms with Crippen LogP contribution < -0.4 is 0 Å². The van der Waals surface area contributed by atoms with E-state index in [1.165, 1.54) is 11.8 Å². The molecular formula is C14H19N3O3S. The van der Waals surface area contributed by atoms with Gasteiger partial charge in [0.15, 0.2) is 9.84 Å². The fraction of sp³-hybridized carbons (Fsp3) is 0.429. The van der Waals surface area contributed by atoms with E-state index < -0.39 is 21.5 Å². The molecule has 2 rings (SSSR count). The number of imidazole rings is 1. The van der Waals surface area contributed by atoms with Crippen LogP contribution in [-0.4, -0.2) is 47.7 Å². The largest absolute Gasteiger partial charge is 0.340 e. The summed E-state index contributed by atoms with van der Waals surface area (Å²) in [5.41, 5.74) is 2.83. The summed E-state index contributed by atoms with van der Waals surface area (Å²) in [4.78, 5) is 20.9. The number of hydrogen-bond donors (Lipinski definition) is 1. The molecule has 2 aromatic rings. The van der Waals surface area contributed by atoms with Crippen LogP contribution in [0, 0.1) is 6.92 Å². The molecule has 0 aliphatic heterocycles. The number of nitrogens with zero attached hydrogens (tertiary/aromatic N) is 2. The van der Waals surface area contributed by atoms with Crippen molar-refractivity contribution >= 4 is 26.8 Å². The normalized spacial score (nSPS) is 11.8. The highest BCUT2D eigenvalue weighted by molar-refractivity contribution is 7.92. The summed E-state index contributed by atoms with van der Waals surface area (Å²) in [7, 11) is -1.73. The molecule has 0 saturated heterocycles. The number of nitrogens with one attached hydrogen (secondary N) is 1. The Labute approximate surface area is 124 Å². The highest BCUT2D eigenvalue weighted by Gasteiger charge is 2.19. The lowest BCUT2D eigenvalue weighted by Gasteiger charge is -2.15. The van der Waals surface area contributed by atoms with Crippen LogP contribution in [0.25, 0.3) is 11.0 Å². The van der Waals surface area contributed by atoms with Gasteiger partial charge in [-0.25, -0.2) is 13.4 Å². The van der Waals surface area contributed by atoms with Crippen molar-refractivity contribution in [2.24, 2.45) is 0 Å². The Morgan fingerprint density at radius 1 is 1.38 bits per heavy atom. The second-order valence-corrected chi connectivity index (χ2v) is 7.43. The quantitative estimate of drug-likeness (QED) is 0.901. The third kappa shape index (κ3) is 3.60. The van der Waals surface area contributed by atoms with Gasteiger partial charge in [-0.1, -0.05) is 19.1 Å². The van der Waals surface area contributed by atoms with E-state index in [0.29, 0.717) is 5.82 Å². The van der Waals surface area contributed by atoms with Crippen LogP contribution in [0.5, 0.6) is 0 Å². The summed E-state index contributed by atoms with van der Waals surface area (Å²) in [5.74, 6) is -0.270. The van der Waals surface area contributed by atoms with Gasteiger partial charge < -0.3 is 9.88 Å². The molecule has 21 heavy (non-hydrogen) atoms. The van der Waals surface area contributed by atoms with Gasteiger partial charge in [0.05, 0.1) is 17.6 Å². The average Bonchev–Trinajstić information content (AvgIpc) is 2.82. The Balaban J connectivity index is 2.12. The van der Waals surface area contributed by atoms with Gasteiger partial charge in [-0.05, 0) is 18.6 Å². The third-order valence-electron chi connectivity index (χ3n) is 3.36. The van der Waals surface area contributed by atoms with Crippen molar-refractivity contribution in [2.75, 3.05) is 18.6 Å². The van der Waals surface area contributed by atoms with Crippen LogP contribution in [0.2, 0.25) is 0 Å². The van der Waals surface area contributed by atoms with Crippen molar-refractivity contribution in [2.45, 2.75) is 20.4 Å². The van der Waals surface area contributed by atoms with Crippen molar-refractivity contribution < 1.29 is 13.2 Å². The fourth-order valence-electron chi connectivity index (χ4n) is 2.01. The van der Waals surface area contributed by atoms with E-state index in [1.54, 1.807) is 7.05 Å². The Morgan fingerprint density at radius 2 is 2.10 bits per heavy atom. The maximum Gasteiger partial charge on any atom is 0.237 e. The highest BCUT2D eigenvalue weighted by atomic mass is 32.2. The maximum absolute atomic E-state index is 11.9. The SMILES string of the molecule is CCS(=O)(=O)CC(=O)N(C)Cc1nc2c(C)cccc2[nH]1. The molecule has 0 unspecified atom stereocenters. The zero-order chi connectivity index (χ0) is 15.6. The number of rotatable bonds is 5. The fourth-order valence-corrected chi connectivity index (χ4v) is 2.82. The number of amides is 1. The number of hydrogen-bond acceptors (Lipinski definition) is 4. The van der Waals surface area contributed by atoms with Gasteiger partial charge in [-0.15, -0.1) is 0 Å². The number of sulfone groups is 1. The van der Waals surface area contributed by atoms with Crippen LogP contribution in [0.1, 0.15) is 18.3 Å². The average molecular weight is 309 g/mol. The van der Waals surface area contributed by atoms with Gasteiger partial charge in [0.1, 0.15) is 11.6 Å². The zero-order valence-electron chi connectivity index (χ0n) is 12.4. The lowest BCUT2D eigenvalue weighted by molar-refractivity contribution is -0.127. The lowest BCUT2D eigenvalue weighted by Crippen LogP contribution is -2.32. The molecule has 1 heterocycles. The van der Waals surface area contributed by atoms with Crippen molar-refractivity contribution in [1.82, 2.24) is 14.9 Å². The van der Waals surface area contributed by atoms with Crippen LogP contribution in [0.3, 0.4) is 0 Å². The Kier molecular flexibility index (Phi) is 4.32. The second-order valence-electron chi connectivity index (χ2n) is 5.08. The number of carbonyl (C=O) groups is 1. The van der Waals surface area contributed by atoms with Crippen LogP contribution in [0.15, 0.2) is 18.2 Å². The number of aryl methyl sites for hydroxylation is 1. The standard InChI is InChI=1S/C14H19N3O3S/c1-4-21(19,20)9-13(18)17(3)8-12-15-11-7-5-6-10(2)14(11)16-12/h5-7H,4,8-9H2,1-3H3,(H,15,16). The molecule has 114 valence electrons. The predicted molar refractivity (Wildman–Crippen MR) is 81.6 cm³/mol. The van der Waals surface area contributed by atoms with Crippen molar-refractivity contribution in [3.8, 4) is 0 Å². The van der Waals surface area contributed by atoms with Gasteiger partial charge in [-0.2, -0.15) is 0 Å². The molecule has 1 amide bonds. The number of H-pyrrole nitrogens is 1. The first-order chi connectivity index (χ1) is 9.82. The highest BCUT2D eigenvalue weighted by Crippen LogP contribution is 2.16. The second kappa shape index (κ2) is 5.85. The van der Waals surface area contributed by atoms with Gasteiger partial charge in [-0.3, -0.25) is 4.79 Å². The van der Waals surface area contributed by atoms with Gasteiger partial charge in [0.2, 0.25) is 5.91 Å². The molecule has 0 saturated carbocycles. The third-order valence-corrected chi connectivity index (χ3v) is 4.93. The van der Waals surface area contributed by atoms with E-state index >= 15 is 0 Å². The topological polar surface area (TPSA) is 83.1 Å². The molecule has 6 nitrogen and oxygen atoms in total. The summed E-state index contributed by atoms with van der Waals surface area (Å²) < 4.78 is 23.0. The van der Waals surface area contributed by atoms with Gasteiger partial charge in [0, 0.05) is 12.8 Å². The number of carbonyl (C=O) groups excluding carboxylic acids is 1. The smallest absolute Gasteiger partial charge is 0.237 e. The first kappa shape index (κ1) is 15.5. The number of fused-ring (bicyclic) bond motifs is 1. The van der Waals surface area contributed by atoms with E-state index in [9.17, 15) is 13.2 Å². The number of benzene rings is 1. The van der Waals surface area contributed by atoms with E-state index in [4.69, 9.17) is 0 Å². The molecular weight excluding hydrogens is 290 g/mol. The van der Waals surface area contributed by atoms with Gasteiger partial charge >= 0.3 is 0 Å². The van der Waals surface area contributed by atoms with Crippen molar-refractivity contribution in [3.05, 3.63) is 29.6 Å². The van der Waals surface area contributed by atoms with Crippen molar-refractivity contribution in [3.63, 3.8) is 0 Å². The van der Waals surface area contributed by atoms with Crippen LogP contribution in [-0.2, 0) is 21.2 Å². The van der Waals surface area contributed by atoms with E-state index in [-0.39, 0.29) is 12.3 Å². The van der Waals surface area contributed by atoms with E-state index in [0.717, 1.165) is 16.6 Å². The molecule has 0 bridgehead atoms. The monoisotopic (exact) mass is 309 g/mol. The van der Waals surface area contributed by atoms with Gasteiger partial charge in [0.25, 0.3) is 0 Å². The molecule has 1 aromatic carbocycles. The molecule has 0 spiro atoms. The minimum atomic E-state index is -3.31. The number of aromatic amines is 1. The maximum atomic E-state index is 11.9. The minimum absolute atomic E-state index is 0.0313. The van der Waals surface area contributed by atoms with E-state index in [2.05, 4.69) is 9.97 Å². The molecule has 0 aliphatic carbocycles. The van der Waals surface area contributed by atoms with E-state index in [1.807, 2.05) is 25.1 Å². The summed E-state index contributed by atoms with van der Waals surface area (Å²) in [6.07, 6.45) is 0. The Morgan fingerprint density at radius 3 is 2.71 bits per heavy atom. The predicted octanol–water partition coefficient (Wildman–Crippen LogP) is 1.26. The molecule has 0 atom stereocenters. The summed E-state index contributed by atoms with van der Waals surface area (Å²) in [6.45, 7) is 3.76. The lowest BCUT2D eigenvalue weighted by atomic mass is 10.2. The molecule has 0 radical (unpaired) electrons. The minimum Gasteiger partial charge on any atom is -0.340 e.